The first-order chi connectivity index (χ1) is 10.5. The van der Waals surface area contributed by atoms with Crippen molar-refractivity contribution in [1.82, 2.24) is 4.90 Å². The third-order valence-corrected chi connectivity index (χ3v) is 3.41. The average molecular weight is 313 g/mol. The highest BCUT2D eigenvalue weighted by atomic mass is 16.3. The molecular formula is C15H23NO6. The van der Waals surface area contributed by atoms with Crippen LogP contribution in [0.3, 0.4) is 0 Å². The van der Waals surface area contributed by atoms with Gasteiger partial charge in [-0.15, -0.1) is 0 Å². The molecule has 0 spiro atoms. The predicted octanol–water partition coefficient (Wildman–Crippen LogP) is -0.548. The summed E-state index contributed by atoms with van der Waals surface area (Å²) >= 11 is 0. The van der Waals surface area contributed by atoms with Gasteiger partial charge >= 0.3 is 0 Å². The summed E-state index contributed by atoms with van der Waals surface area (Å²) in [6.45, 7) is -0.433. The predicted molar refractivity (Wildman–Crippen MR) is 79.4 cm³/mol. The van der Waals surface area contributed by atoms with Gasteiger partial charge in [-0.1, -0.05) is 6.07 Å². The van der Waals surface area contributed by atoms with E-state index in [0.29, 0.717) is 5.56 Å². The van der Waals surface area contributed by atoms with Crippen LogP contribution in [0.15, 0.2) is 18.2 Å². The van der Waals surface area contributed by atoms with E-state index in [-0.39, 0.29) is 63.2 Å². The number of aliphatic hydroxyl groups is 3. The standard InChI is InChI=1S/C15H23NO6/c17-6-3-12(15(22)16(4-7-18)5-8-19)9-11-1-2-13(20)10-14(11)21/h1-2,10,12,17-21H,3-9H2. The van der Waals surface area contributed by atoms with Gasteiger partial charge in [0.05, 0.1) is 13.2 Å². The summed E-state index contributed by atoms with van der Waals surface area (Å²) < 4.78 is 0. The minimum atomic E-state index is -0.585. The molecule has 0 aliphatic carbocycles. The summed E-state index contributed by atoms with van der Waals surface area (Å²) in [5, 5.41) is 46.2. The first kappa shape index (κ1) is 18.2. The summed E-state index contributed by atoms with van der Waals surface area (Å²) in [6.07, 6.45) is 0.394. The lowest BCUT2D eigenvalue weighted by Gasteiger charge is -2.26. The van der Waals surface area contributed by atoms with E-state index in [9.17, 15) is 15.0 Å². The van der Waals surface area contributed by atoms with E-state index in [0.717, 1.165) is 0 Å². The highest BCUT2D eigenvalue weighted by Crippen LogP contribution is 2.26. The fraction of sp³-hybridized carbons (Fsp3) is 0.533. The van der Waals surface area contributed by atoms with E-state index in [1.165, 1.54) is 23.1 Å². The zero-order valence-electron chi connectivity index (χ0n) is 12.4. The zero-order chi connectivity index (χ0) is 16.5. The number of carbonyl (C=O) groups excluding carboxylic acids is 1. The summed E-state index contributed by atoms with van der Waals surface area (Å²) in [4.78, 5) is 13.8. The molecule has 22 heavy (non-hydrogen) atoms. The molecule has 5 N–H and O–H groups in total. The Kier molecular flexibility index (Phi) is 7.65. The molecule has 0 saturated heterocycles. The van der Waals surface area contributed by atoms with Gasteiger partial charge in [-0.3, -0.25) is 4.79 Å². The Labute approximate surface area is 129 Å². The number of carbonyl (C=O) groups is 1. The first-order valence-electron chi connectivity index (χ1n) is 7.15. The lowest BCUT2D eigenvalue weighted by molar-refractivity contribution is -0.137. The number of amides is 1. The van der Waals surface area contributed by atoms with Crippen molar-refractivity contribution < 1.29 is 30.3 Å². The molecule has 7 nitrogen and oxygen atoms in total. The van der Waals surface area contributed by atoms with Gasteiger partial charge in [0.2, 0.25) is 5.91 Å². The molecule has 0 bridgehead atoms. The Hall–Kier alpha value is -1.83. The maximum absolute atomic E-state index is 12.5. The van der Waals surface area contributed by atoms with Gasteiger partial charge in [-0.25, -0.2) is 0 Å². The number of hydrogen-bond donors (Lipinski definition) is 5. The number of rotatable bonds is 9. The molecule has 1 aromatic rings. The highest BCUT2D eigenvalue weighted by molar-refractivity contribution is 5.79. The average Bonchev–Trinajstić information content (AvgIpc) is 2.48. The normalized spacial score (nSPS) is 12.1. The molecule has 0 aromatic heterocycles. The Morgan fingerprint density at radius 2 is 1.68 bits per heavy atom. The monoisotopic (exact) mass is 313 g/mol. The fourth-order valence-electron chi connectivity index (χ4n) is 2.29. The Bertz CT molecular complexity index is 473. The lowest BCUT2D eigenvalue weighted by atomic mass is 9.94. The van der Waals surface area contributed by atoms with Crippen LogP contribution in [-0.4, -0.2) is 69.2 Å². The Morgan fingerprint density at radius 3 is 2.18 bits per heavy atom. The van der Waals surface area contributed by atoms with E-state index in [4.69, 9.17) is 15.3 Å². The van der Waals surface area contributed by atoms with Gasteiger partial charge in [-0.05, 0) is 24.5 Å². The van der Waals surface area contributed by atoms with Crippen molar-refractivity contribution in [2.45, 2.75) is 12.8 Å². The van der Waals surface area contributed by atoms with Crippen molar-refractivity contribution in [3.05, 3.63) is 23.8 Å². The molecule has 0 heterocycles. The van der Waals surface area contributed by atoms with Crippen LogP contribution in [-0.2, 0) is 11.2 Å². The van der Waals surface area contributed by atoms with Crippen LogP contribution in [0.4, 0.5) is 0 Å². The summed E-state index contributed by atoms with van der Waals surface area (Å²) in [5.74, 6) is -1.08. The minimum Gasteiger partial charge on any atom is -0.508 e. The van der Waals surface area contributed by atoms with Crippen LogP contribution in [0.2, 0.25) is 0 Å². The van der Waals surface area contributed by atoms with Crippen molar-refractivity contribution in [2.24, 2.45) is 5.92 Å². The number of aliphatic hydroxyl groups excluding tert-OH is 3. The van der Waals surface area contributed by atoms with E-state index < -0.39 is 5.92 Å². The maximum atomic E-state index is 12.5. The molecule has 0 aliphatic heterocycles. The smallest absolute Gasteiger partial charge is 0.226 e. The molecule has 0 saturated carbocycles. The van der Waals surface area contributed by atoms with E-state index in [1.807, 2.05) is 0 Å². The molecule has 0 aliphatic rings. The molecule has 1 atom stereocenters. The molecule has 124 valence electrons. The van der Waals surface area contributed by atoms with Crippen LogP contribution in [0.5, 0.6) is 11.5 Å². The first-order valence-corrected chi connectivity index (χ1v) is 7.15. The van der Waals surface area contributed by atoms with Crippen LogP contribution in [0, 0.1) is 5.92 Å². The topological polar surface area (TPSA) is 121 Å². The summed E-state index contributed by atoms with van der Waals surface area (Å²) in [7, 11) is 0. The molecule has 1 unspecified atom stereocenters. The quantitative estimate of drug-likeness (QED) is 0.417. The second kappa shape index (κ2) is 9.24. The second-order valence-corrected chi connectivity index (χ2v) is 5.00. The Morgan fingerprint density at radius 1 is 1.05 bits per heavy atom. The van der Waals surface area contributed by atoms with Gasteiger partial charge < -0.3 is 30.4 Å². The molecule has 1 amide bonds. The van der Waals surface area contributed by atoms with Crippen molar-refractivity contribution >= 4 is 5.91 Å². The maximum Gasteiger partial charge on any atom is 0.226 e. The molecule has 7 heteroatoms. The van der Waals surface area contributed by atoms with E-state index in [2.05, 4.69) is 0 Å². The van der Waals surface area contributed by atoms with Crippen LogP contribution in [0.25, 0.3) is 0 Å². The van der Waals surface area contributed by atoms with Gasteiger partial charge in [-0.2, -0.15) is 0 Å². The SMILES string of the molecule is O=C(C(CCO)Cc1ccc(O)cc1O)N(CCO)CCO. The third kappa shape index (κ3) is 5.18. The van der Waals surface area contributed by atoms with E-state index >= 15 is 0 Å². The number of nitrogens with zero attached hydrogens (tertiary/aromatic N) is 1. The van der Waals surface area contributed by atoms with Gasteiger partial charge in [0, 0.05) is 31.7 Å². The van der Waals surface area contributed by atoms with Gasteiger partial charge in [0.25, 0.3) is 0 Å². The molecule has 1 aromatic carbocycles. The van der Waals surface area contributed by atoms with Crippen molar-refractivity contribution in [3.8, 4) is 11.5 Å². The number of phenolic OH excluding ortho intramolecular Hbond substituents is 2. The zero-order valence-corrected chi connectivity index (χ0v) is 12.4. The van der Waals surface area contributed by atoms with Crippen molar-refractivity contribution in [3.63, 3.8) is 0 Å². The summed E-state index contributed by atoms with van der Waals surface area (Å²) in [6, 6.07) is 4.12. The van der Waals surface area contributed by atoms with Gasteiger partial charge in [0.15, 0.2) is 0 Å². The van der Waals surface area contributed by atoms with Crippen molar-refractivity contribution in [1.29, 1.82) is 0 Å². The number of phenols is 2. The minimum absolute atomic E-state index is 0.0755. The molecule has 0 fully saturated rings. The summed E-state index contributed by atoms with van der Waals surface area (Å²) in [5.41, 5.74) is 0.484. The molecular weight excluding hydrogens is 290 g/mol. The lowest BCUT2D eigenvalue weighted by Crippen LogP contribution is -2.40. The third-order valence-electron chi connectivity index (χ3n) is 3.41. The van der Waals surface area contributed by atoms with E-state index in [1.54, 1.807) is 0 Å². The molecule has 1 rings (SSSR count). The number of hydrogen-bond acceptors (Lipinski definition) is 6. The number of benzene rings is 1. The van der Waals surface area contributed by atoms with Crippen LogP contribution >= 0.6 is 0 Å². The highest BCUT2D eigenvalue weighted by Gasteiger charge is 2.24. The molecule has 0 radical (unpaired) electrons. The van der Waals surface area contributed by atoms with Crippen LogP contribution in [0.1, 0.15) is 12.0 Å². The van der Waals surface area contributed by atoms with Crippen LogP contribution < -0.4 is 0 Å². The Balaban J connectivity index is 2.88. The largest absolute Gasteiger partial charge is 0.508 e. The van der Waals surface area contributed by atoms with Gasteiger partial charge in [0.1, 0.15) is 11.5 Å². The fourth-order valence-corrected chi connectivity index (χ4v) is 2.29. The second-order valence-electron chi connectivity index (χ2n) is 5.00. The number of aromatic hydroxyl groups is 2. The van der Waals surface area contributed by atoms with Crippen molar-refractivity contribution in [2.75, 3.05) is 32.9 Å².